The molecule has 5 heteroatoms. The largest absolute Gasteiger partial charge is 0.347 e. The standard InChI is InChI=1S/C18H13FN2OS/c1-11-16-14(19)3-2-4-15(16)23-17(11)18(22)21-10-13-7-5-12(9-20)6-8-13/h2-8H,10H2,1H3,(H,21,22). The third kappa shape index (κ3) is 2.94. The molecule has 3 rings (SSSR count). The number of amides is 1. The van der Waals surface area contributed by atoms with E-state index in [0.29, 0.717) is 27.9 Å². The highest BCUT2D eigenvalue weighted by atomic mass is 32.1. The van der Waals surface area contributed by atoms with E-state index in [0.717, 1.165) is 10.3 Å². The number of aryl methyl sites for hydroxylation is 1. The van der Waals surface area contributed by atoms with Gasteiger partial charge in [-0.15, -0.1) is 11.3 Å². The van der Waals surface area contributed by atoms with Crippen molar-refractivity contribution in [3.63, 3.8) is 0 Å². The first kappa shape index (κ1) is 15.2. The third-order valence-electron chi connectivity index (χ3n) is 3.65. The van der Waals surface area contributed by atoms with Crippen LogP contribution in [0.25, 0.3) is 10.1 Å². The van der Waals surface area contributed by atoms with Gasteiger partial charge in [0.15, 0.2) is 0 Å². The molecule has 0 fully saturated rings. The normalized spacial score (nSPS) is 10.5. The zero-order chi connectivity index (χ0) is 16.4. The molecule has 0 spiro atoms. The summed E-state index contributed by atoms with van der Waals surface area (Å²) in [7, 11) is 0. The van der Waals surface area contributed by atoms with Crippen LogP contribution in [0.15, 0.2) is 42.5 Å². The van der Waals surface area contributed by atoms with Crippen molar-refractivity contribution >= 4 is 27.3 Å². The summed E-state index contributed by atoms with van der Waals surface area (Å²) in [6, 6.07) is 13.9. The lowest BCUT2D eigenvalue weighted by atomic mass is 10.1. The van der Waals surface area contributed by atoms with Crippen molar-refractivity contribution < 1.29 is 9.18 Å². The molecule has 0 atom stereocenters. The maximum absolute atomic E-state index is 13.9. The summed E-state index contributed by atoms with van der Waals surface area (Å²) in [4.78, 5) is 12.9. The van der Waals surface area contributed by atoms with Crippen LogP contribution in [0.5, 0.6) is 0 Å². The molecule has 0 aliphatic heterocycles. The smallest absolute Gasteiger partial charge is 0.261 e. The third-order valence-corrected chi connectivity index (χ3v) is 4.90. The van der Waals surface area contributed by atoms with E-state index in [1.807, 2.05) is 6.07 Å². The first-order chi connectivity index (χ1) is 11.1. The van der Waals surface area contributed by atoms with Gasteiger partial charge >= 0.3 is 0 Å². The summed E-state index contributed by atoms with van der Waals surface area (Å²) < 4.78 is 14.7. The van der Waals surface area contributed by atoms with Crippen LogP contribution in [0.1, 0.15) is 26.4 Å². The highest BCUT2D eigenvalue weighted by Gasteiger charge is 2.17. The van der Waals surface area contributed by atoms with Gasteiger partial charge in [-0.05, 0) is 42.3 Å². The van der Waals surface area contributed by atoms with E-state index in [2.05, 4.69) is 11.4 Å². The summed E-state index contributed by atoms with van der Waals surface area (Å²) in [6.45, 7) is 2.12. The Hall–Kier alpha value is -2.71. The quantitative estimate of drug-likeness (QED) is 0.787. The monoisotopic (exact) mass is 324 g/mol. The molecule has 2 aromatic carbocycles. The van der Waals surface area contributed by atoms with E-state index in [1.54, 1.807) is 37.3 Å². The summed E-state index contributed by atoms with van der Waals surface area (Å²) in [6.07, 6.45) is 0. The fourth-order valence-corrected chi connectivity index (χ4v) is 3.57. The molecule has 23 heavy (non-hydrogen) atoms. The van der Waals surface area contributed by atoms with Crippen molar-refractivity contribution in [1.82, 2.24) is 5.32 Å². The number of hydrogen-bond donors (Lipinski definition) is 1. The summed E-state index contributed by atoms with van der Waals surface area (Å²) >= 11 is 1.29. The van der Waals surface area contributed by atoms with Crippen LogP contribution in [0.4, 0.5) is 4.39 Å². The Balaban J connectivity index is 1.79. The molecule has 1 N–H and O–H groups in total. The fraction of sp³-hybridized carbons (Fsp3) is 0.111. The second-order valence-corrected chi connectivity index (χ2v) is 6.21. The predicted molar refractivity (Wildman–Crippen MR) is 88.8 cm³/mol. The molecule has 1 amide bonds. The van der Waals surface area contributed by atoms with E-state index < -0.39 is 0 Å². The lowest BCUT2D eigenvalue weighted by Gasteiger charge is -2.05. The summed E-state index contributed by atoms with van der Waals surface area (Å²) in [5.74, 6) is -0.519. The van der Waals surface area contributed by atoms with E-state index in [4.69, 9.17) is 5.26 Å². The van der Waals surface area contributed by atoms with Crippen LogP contribution < -0.4 is 5.32 Å². The van der Waals surface area contributed by atoms with Gasteiger partial charge in [0, 0.05) is 16.6 Å². The first-order valence-corrected chi connectivity index (χ1v) is 7.86. The highest BCUT2D eigenvalue weighted by Crippen LogP contribution is 2.32. The maximum atomic E-state index is 13.9. The van der Waals surface area contributed by atoms with Crippen molar-refractivity contribution in [2.45, 2.75) is 13.5 Å². The van der Waals surface area contributed by atoms with Gasteiger partial charge in [-0.2, -0.15) is 5.26 Å². The van der Waals surface area contributed by atoms with E-state index in [1.165, 1.54) is 17.4 Å². The van der Waals surface area contributed by atoms with Crippen molar-refractivity contribution in [3.05, 3.63) is 69.8 Å². The van der Waals surface area contributed by atoms with Crippen LogP contribution in [0.3, 0.4) is 0 Å². The molecule has 0 aliphatic carbocycles. The lowest BCUT2D eigenvalue weighted by Crippen LogP contribution is -2.22. The first-order valence-electron chi connectivity index (χ1n) is 7.05. The number of halogens is 1. The Morgan fingerprint density at radius 2 is 2.00 bits per heavy atom. The van der Waals surface area contributed by atoms with Crippen LogP contribution in [-0.4, -0.2) is 5.91 Å². The van der Waals surface area contributed by atoms with Crippen molar-refractivity contribution in [2.75, 3.05) is 0 Å². The Labute approximate surface area is 137 Å². The summed E-state index contributed by atoms with van der Waals surface area (Å²) in [5.41, 5.74) is 2.15. The number of nitriles is 1. The van der Waals surface area contributed by atoms with Gasteiger partial charge in [0.05, 0.1) is 16.5 Å². The fourth-order valence-electron chi connectivity index (χ4n) is 2.43. The van der Waals surface area contributed by atoms with Gasteiger partial charge in [-0.3, -0.25) is 4.79 Å². The topological polar surface area (TPSA) is 52.9 Å². The van der Waals surface area contributed by atoms with Crippen LogP contribution >= 0.6 is 11.3 Å². The lowest BCUT2D eigenvalue weighted by molar-refractivity contribution is 0.0954. The molecule has 0 radical (unpaired) electrons. The van der Waals surface area contributed by atoms with E-state index in [9.17, 15) is 9.18 Å². The average molecular weight is 324 g/mol. The molecule has 1 aromatic heterocycles. The van der Waals surface area contributed by atoms with Gasteiger partial charge in [0.25, 0.3) is 5.91 Å². The van der Waals surface area contributed by atoms with Gasteiger partial charge in [-0.25, -0.2) is 4.39 Å². The average Bonchev–Trinajstić information content (AvgIpc) is 2.91. The second-order valence-electron chi connectivity index (χ2n) is 5.16. The molecule has 0 bridgehead atoms. The molecule has 0 aliphatic rings. The van der Waals surface area contributed by atoms with Crippen molar-refractivity contribution in [3.8, 4) is 6.07 Å². The Morgan fingerprint density at radius 1 is 1.26 bits per heavy atom. The number of rotatable bonds is 3. The van der Waals surface area contributed by atoms with E-state index in [-0.39, 0.29) is 11.7 Å². The molecule has 0 saturated heterocycles. The molecule has 1 heterocycles. The minimum Gasteiger partial charge on any atom is -0.347 e. The zero-order valence-corrected chi connectivity index (χ0v) is 13.2. The molecular weight excluding hydrogens is 311 g/mol. The SMILES string of the molecule is Cc1c(C(=O)NCc2ccc(C#N)cc2)sc2cccc(F)c12. The number of hydrogen-bond acceptors (Lipinski definition) is 3. The molecular formula is C18H13FN2OS. The van der Waals surface area contributed by atoms with Crippen LogP contribution in [0.2, 0.25) is 0 Å². The van der Waals surface area contributed by atoms with E-state index >= 15 is 0 Å². The highest BCUT2D eigenvalue weighted by molar-refractivity contribution is 7.21. The maximum Gasteiger partial charge on any atom is 0.261 e. The van der Waals surface area contributed by atoms with Gasteiger partial charge in [-0.1, -0.05) is 18.2 Å². The van der Waals surface area contributed by atoms with Crippen molar-refractivity contribution in [1.29, 1.82) is 5.26 Å². The molecule has 3 aromatic rings. The number of nitrogens with one attached hydrogen (secondary N) is 1. The predicted octanol–water partition coefficient (Wildman–Crippen LogP) is 4.15. The Morgan fingerprint density at radius 3 is 2.65 bits per heavy atom. The summed E-state index contributed by atoms with van der Waals surface area (Å²) in [5, 5.41) is 12.1. The second kappa shape index (κ2) is 6.19. The van der Waals surface area contributed by atoms with Crippen molar-refractivity contribution in [2.24, 2.45) is 0 Å². The molecule has 3 nitrogen and oxygen atoms in total. The van der Waals surface area contributed by atoms with Gasteiger partial charge < -0.3 is 5.32 Å². The number of nitrogens with zero attached hydrogens (tertiary/aromatic N) is 1. The number of carbonyl (C=O) groups is 1. The van der Waals surface area contributed by atoms with Crippen LogP contribution in [0, 0.1) is 24.1 Å². The van der Waals surface area contributed by atoms with Gasteiger partial charge in [0.2, 0.25) is 0 Å². The molecule has 0 unspecified atom stereocenters. The molecule has 0 saturated carbocycles. The Kier molecular flexibility index (Phi) is 4.09. The number of thiophene rings is 1. The minimum atomic E-state index is -0.303. The number of carbonyl (C=O) groups excluding carboxylic acids is 1. The Bertz CT molecular complexity index is 923. The van der Waals surface area contributed by atoms with Gasteiger partial charge in [0.1, 0.15) is 5.82 Å². The minimum absolute atomic E-state index is 0.215. The van der Waals surface area contributed by atoms with Crippen LogP contribution in [-0.2, 0) is 6.54 Å². The number of fused-ring (bicyclic) bond motifs is 1. The number of benzene rings is 2. The zero-order valence-electron chi connectivity index (χ0n) is 12.4. The molecule has 114 valence electrons.